The number of alkyl halides is 3. The maximum atomic E-state index is 13.0. The van der Waals surface area contributed by atoms with Crippen molar-refractivity contribution in [2.45, 2.75) is 51.2 Å². The zero-order valence-electron chi connectivity index (χ0n) is 14.3. The van der Waals surface area contributed by atoms with E-state index in [-0.39, 0.29) is 12.2 Å². The second kappa shape index (κ2) is 7.36. The molecule has 1 aromatic heterocycles. The summed E-state index contributed by atoms with van der Waals surface area (Å²) in [6.07, 6.45) is -0.0302. The number of thiazole rings is 1. The van der Waals surface area contributed by atoms with Gasteiger partial charge in [-0.3, -0.25) is 4.79 Å². The molecule has 1 aliphatic carbocycles. The van der Waals surface area contributed by atoms with Crippen molar-refractivity contribution in [2.75, 3.05) is 5.32 Å². The molecule has 0 saturated heterocycles. The van der Waals surface area contributed by atoms with E-state index in [1.54, 1.807) is 6.92 Å². The predicted molar refractivity (Wildman–Crippen MR) is 95.3 cm³/mol. The molecule has 8 heteroatoms. The lowest BCUT2D eigenvalue weighted by Crippen LogP contribution is -2.14. The van der Waals surface area contributed by atoms with Crippen LogP contribution in [0.1, 0.15) is 63.1 Å². The van der Waals surface area contributed by atoms with Gasteiger partial charge in [0.1, 0.15) is 4.88 Å². The van der Waals surface area contributed by atoms with Crippen LogP contribution in [-0.2, 0) is 12.7 Å². The SMILES string of the molecule is Cc1nc(C2CCCC2)sc1C(=O)Nc1cc(CN)cc(C(F)(F)F)c1. The smallest absolute Gasteiger partial charge is 0.326 e. The van der Waals surface area contributed by atoms with E-state index in [9.17, 15) is 18.0 Å². The molecule has 0 unspecified atom stereocenters. The Kier molecular flexibility index (Phi) is 5.34. The Bertz CT molecular complexity index is 810. The summed E-state index contributed by atoms with van der Waals surface area (Å²) in [5, 5.41) is 3.51. The number of rotatable bonds is 4. The fourth-order valence-corrected chi connectivity index (χ4v) is 4.34. The average Bonchev–Trinajstić information content (AvgIpc) is 3.23. The van der Waals surface area contributed by atoms with Gasteiger partial charge in [0.15, 0.2) is 0 Å². The molecule has 140 valence electrons. The van der Waals surface area contributed by atoms with Gasteiger partial charge in [-0.2, -0.15) is 13.2 Å². The second-order valence-corrected chi connectivity index (χ2v) is 7.55. The van der Waals surface area contributed by atoms with E-state index in [2.05, 4.69) is 10.3 Å². The van der Waals surface area contributed by atoms with Crippen LogP contribution in [0.25, 0.3) is 0 Å². The van der Waals surface area contributed by atoms with Gasteiger partial charge < -0.3 is 11.1 Å². The summed E-state index contributed by atoms with van der Waals surface area (Å²) in [4.78, 5) is 17.5. The van der Waals surface area contributed by atoms with E-state index < -0.39 is 17.6 Å². The molecule has 0 spiro atoms. The monoisotopic (exact) mass is 383 g/mol. The molecule has 1 saturated carbocycles. The first-order chi connectivity index (χ1) is 12.3. The summed E-state index contributed by atoms with van der Waals surface area (Å²) in [6.45, 7) is 1.71. The normalized spacial score (nSPS) is 15.4. The highest BCUT2D eigenvalue weighted by Crippen LogP contribution is 2.37. The summed E-state index contributed by atoms with van der Waals surface area (Å²) < 4.78 is 39.1. The Morgan fingerprint density at radius 3 is 2.62 bits per heavy atom. The Morgan fingerprint density at radius 2 is 2.00 bits per heavy atom. The van der Waals surface area contributed by atoms with E-state index in [0.29, 0.717) is 22.1 Å². The Labute approximate surface area is 153 Å². The van der Waals surface area contributed by atoms with Crippen LogP contribution in [0.2, 0.25) is 0 Å². The molecule has 1 aliphatic rings. The number of carbonyl (C=O) groups is 1. The van der Waals surface area contributed by atoms with Gasteiger partial charge >= 0.3 is 6.18 Å². The first-order valence-corrected chi connectivity index (χ1v) is 9.29. The third kappa shape index (κ3) is 4.07. The van der Waals surface area contributed by atoms with Crippen molar-refractivity contribution in [3.63, 3.8) is 0 Å². The number of hydrogen-bond acceptors (Lipinski definition) is 4. The van der Waals surface area contributed by atoms with Gasteiger partial charge in [-0.25, -0.2) is 4.98 Å². The van der Waals surface area contributed by atoms with Crippen LogP contribution >= 0.6 is 11.3 Å². The number of aromatic nitrogens is 1. The van der Waals surface area contributed by atoms with Crippen LogP contribution in [0.15, 0.2) is 18.2 Å². The fraction of sp³-hybridized carbons (Fsp3) is 0.444. The summed E-state index contributed by atoms with van der Waals surface area (Å²) in [6, 6.07) is 3.37. The standard InChI is InChI=1S/C18H20F3N3OS/c1-10-15(26-17(23-10)12-4-2-3-5-12)16(25)24-14-7-11(9-22)6-13(8-14)18(19,20)21/h6-8,12H,2-5,9,22H2,1H3,(H,24,25). The van der Waals surface area contributed by atoms with Crippen LogP contribution in [-0.4, -0.2) is 10.9 Å². The highest BCUT2D eigenvalue weighted by Gasteiger charge is 2.31. The number of amides is 1. The number of nitrogens with one attached hydrogen (secondary N) is 1. The molecule has 2 aromatic rings. The van der Waals surface area contributed by atoms with Crippen molar-refractivity contribution >= 4 is 22.9 Å². The number of halogens is 3. The lowest BCUT2D eigenvalue weighted by atomic mass is 10.1. The van der Waals surface area contributed by atoms with Gasteiger partial charge in [0.2, 0.25) is 0 Å². The quantitative estimate of drug-likeness (QED) is 0.794. The summed E-state index contributed by atoms with van der Waals surface area (Å²) in [5.41, 5.74) is 5.66. The number of aryl methyl sites for hydroxylation is 1. The molecule has 0 atom stereocenters. The minimum absolute atomic E-state index is 0.0434. The minimum atomic E-state index is -4.50. The lowest BCUT2D eigenvalue weighted by molar-refractivity contribution is -0.137. The Hall–Kier alpha value is -1.93. The van der Waals surface area contributed by atoms with Gasteiger partial charge in [-0.15, -0.1) is 11.3 Å². The first-order valence-electron chi connectivity index (χ1n) is 8.48. The second-order valence-electron chi connectivity index (χ2n) is 6.52. The molecule has 26 heavy (non-hydrogen) atoms. The predicted octanol–water partition coefficient (Wildman–Crippen LogP) is 4.84. The third-order valence-electron chi connectivity index (χ3n) is 4.54. The van der Waals surface area contributed by atoms with Crippen LogP contribution in [0.3, 0.4) is 0 Å². The molecule has 3 rings (SSSR count). The highest BCUT2D eigenvalue weighted by molar-refractivity contribution is 7.14. The van der Waals surface area contributed by atoms with Crippen LogP contribution in [0.5, 0.6) is 0 Å². The van der Waals surface area contributed by atoms with Gasteiger partial charge in [0.05, 0.1) is 16.3 Å². The van der Waals surface area contributed by atoms with Gasteiger partial charge in [-0.05, 0) is 43.5 Å². The van der Waals surface area contributed by atoms with Crippen molar-refractivity contribution in [3.05, 3.63) is 44.9 Å². The van der Waals surface area contributed by atoms with Gasteiger partial charge in [0, 0.05) is 18.2 Å². The summed E-state index contributed by atoms with van der Waals surface area (Å²) in [7, 11) is 0. The number of nitrogens with zero attached hydrogens (tertiary/aromatic N) is 1. The van der Waals surface area contributed by atoms with Crippen molar-refractivity contribution in [3.8, 4) is 0 Å². The number of anilines is 1. The Balaban J connectivity index is 1.84. The molecule has 0 bridgehead atoms. The van der Waals surface area contributed by atoms with E-state index >= 15 is 0 Å². The van der Waals surface area contributed by atoms with Gasteiger partial charge in [-0.1, -0.05) is 12.8 Å². The fourth-order valence-electron chi connectivity index (χ4n) is 3.21. The van der Waals surface area contributed by atoms with E-state index in [4.69, 9.17) is 5.73 Å². The first kappa shape index (κ1) is 18.8. The van der Waals surface area contributed by atoms with Crippen molar-refractivity contribution in [1.29, 1.82) is 0 Å². The highest BCUT2D eigenvalue weighted by atomic mass is 32.1. The molecule has 0 aliphatic heterocycles. The van der Waals surface area contributed by atoms with Crippen molar-refractivity contribution in [1.82, 2.24) is 4.98 Å². The Morgan fingerprint density at radius 1 is 1.31 bits per heavy atom. The van der Waals surface area contributed by atoms with Crippen LogP contribution in [0.4, 0.5) is 18.9 Å². The van der Waals surface area contributed by atoms with Crippen LogP contribution in [0, 0.1) is 6.92 Å². The third-order valence-corrected chi connectivity index (χ3v) is 5.86. The molecule has 1 heterocycles. The zero-order valence-corrected chi connectivity index (χ0v) is 15.1. The average molecular weight is 383 g/mol. The molecule has 1 fully saturated rings. The minimum Gasteiger partial charge on any atom is -0.326 e. The maximum Gasteiger partial charge on any atom is 0.416 e. The molecule has 1 aromatic carbocycles. The van der Waals surface area contributed by atoms with Gasteiger partial charge in [0.25, 0.3) is 5.91 Å². The number of benzene rings is 1. The number of carbonyl (C=O) groups excluding carboxylic acids is 1. The molecule has 3 N–H and O–H groups in total. The number of nitrogens with two attached hydrogens (primary N) is 1. The van der Waals surface area contributed by atoms with E-state index in [1.807, 2.05) is 0 Å². The van der Waals surface area contributed by atoms with Crippen molar-refractivity contribution < 1.29 is 18.0 Å². The molecular weight excluding hydrogens is 363 g/mol. The van der Waals surface area contributed by atoms with E-state index in [1.165, 1.54) is 17.4 Å². The summed E-state index contributed by atoms with van der Waals surface area (Å²) in [5.74, 6) is -0.0517. The van der Waals surface area contributed by atoms with Crippen LogP contribution < -0.4 is 11.1 Å². The maximum absolute atomic E-state index is 13.0. The van der Waals surface area contributed by atoms with E-state index in [0.717, 1.165) is 42.8 Å². The molecule has 4 nitrogen and oxygen atoms in total. The molecule has 0 radical (unpaired) electrons. The van der Waals surface area contributed by atoms with Crippen molar-refractivity contribution in [2.24, 2.45) is 5.73 Å². The largest absolute Gasteiger partial charge is 0.416 e. The number of hydrogen-bond donors (Lipinski definition) is 2. The molecular formula is C18H20F3N3OS. The summed E-state index contributed by atoms with van der Waals surface area (Å²) >= 11 is 1.33. The topological polar surface area (TPSA) is 68.0 Å². The molecule has 1 amide bonds. The zero-order chi connectivity index (χ0) is 18.9. The lowest BCUT2D eigenvalue weighted by Gasteiger charge is -2.12.